The highest BCUT2D eigenvalue weighted by molar-refractivity contribution is 9.10. The Bertz CT molecular complexity index is 929. The molecule has 3 nitrogen and oxygen atoms in total. The maximum atomic E-state index is 12.6. The number of halogens is 1. The van der Waals surface area contributed by atoms with E-state index in [2.05, 4.69) is 38.4 Å². The molecule has 1 aliphatic carbocycles. The summed E-state index contributed by atoms with van der Waals surface area (Å²) in [5.74, 6) is -0.00335. The average Bonchev–Trinajstić information content (AvgIpc) is 2.94. The third-order valence-corrected chi connectivity index (χ3v) is 5.25. The lowest BCUT2D eigenvalue weighted by Crippen LogP contribution is -2.31. The summed E-state index contributed by atoms with van der Waals surface area (Å²) in [6, 6.07) is 14.1. The van der Waals surface area contributed by atoms with Gasteiger partial charge in [0.25, 0.3) is 5.91 Å². The predicted molar refractivity (Wildman–Crippen MR) is 100 cm³/mol. The molecule has 2 aromatic carbocycles. The Morgan fingerprint density at radius 1 is 1.25 bits per heavy atom. The van der Waals surface area contributed by atoms with E-state index >= 15 is 0 Å². The molecule has 24 heavy (non-hydrogen) atoms. The molecule has 0 fully saturated rings. The number of H-pyrrole nitrogens is 1. The van der Waals surface area contributed by atoms with Gasteiger partial charge in [-0.25, -0.2) is 0 Å². The zero-order valence-electron chi connectivity index (χ0n) is 13.5. The van der Waals surface area contributed by atoms with Crippen molar-refractivity contribution in [2.45, 2.75) is 32.2 Å². The molecule has 1 aliphatic rings. The van der Waals surface area contributed by atoms with Crippen molar-refractivity contribution in [2.24, 2.45) is 0 Å². The van der Waals surface area contributed by atoms with Crippen molar-refractivity contribution in [3.05, 3.63) is 69.3 Å². The van der Waals surface area contributed by atoms with E-state index in [-0.39, 0.29) is 11.9 Å². The summed E-state index contributed by atoms with van der Waals surface area (Å²) in [5, 5.41) is 4.47. The van der Waals surface area contributed by atoms with Crippen molar-refractivity contribution in [3.63, 3.8) is 0 Å². The molecule has 0 saturated heterocycles. The molecule has 1 unspecified atom stereocenters. The number of hydrogen-bond donors (Lipinski definition) is 2. The molecule has 1 heterocycles. The number of nitrogens with one attached hydrogen (secondary N) is 2. The maximum Gasteiger partial charge on any atom is 0.251 e. The Kier molecular flexibility index (Phi) is 3.93. The van der Waals surface area contributed by atoms with Crippen molar-refractivity contribution in [1.82, 2.24) is 10.3 Å². The van der Waals surface area contributed by atoms with E-state index in [1.54, 1.807) is 0 Å². The molecule has 1 amide bonds. The molecule has 122 valence electrons. The number of aromatic nitrogens is 1. The first kappa shape index (κ1) is 15.5. The molecule has 1 atom stereocenters. The largest absolute Gasteiger partial charge is 0.356 e. The lowest BCUT2D eigenvalue weighted by molar-refractivity contribution is 0.0932. The summed E-state index contributed by atoms with van der Waals surface area (Å²) in [4.78, 5) is 16.1. The van der Waals surface area contributed by atoms with Crippen LogP contribution in [-0.2, 0) is 6.42 Å². The summed E-state index contributed by atoms with van der Waals surface area (Å²) in [6.45, 7) is 2.01. The first-order valence-electron chi connectivity index (χ1n) is 8.29. The van der Waals surface area contributed by atoms with Gasteiger partial charge in [0, 0.05) is 26.6 Å². The van der Waals surface area contributed by atoms with Gasteiger partial charge in [-0.1, -0.05) is 33.6 Å². The summed E-state index contributed by atoms with van der Waals surface area (Å²) in [5.41, 5.74) is 5.46. The van der Waals surface area contributed by atoms with Gasteiger partial charge in [0.1, 0.15) is 0 Å². The number of rotatable bonds is 2. The minimum absolute atomic E-state index is 0.00335. The van der Waals surface area contributed by atoms with Crippen LogP contribution in [0.3, 0.4) is 0 Å². The van der Waals surface area contributed by atoms with E-state index in [0.717, 1.165) is 46.1 Å². The number of aryl methyl sites for hydroxylation is 2. The molecule has 4 heteroatoms. The summed E-state index contributed by atoms with van der Waals surface area (Å²) < 4.78 is 1.09. The SMILES string of the molecule is Cc1cccc(C(=O)NC2CCCc3c2[nH]c2ccc(Br)cc32)c1. The van der Waals surface area contributed by atoms with Crippen LogP contribution in [0.5, 0.6) is 0 Å². The molecule has 0 aliphatic heterocycles. The molecule has 4 rings (SSSR count). The summed E-state index contributed by atoms with van der Waals surface area (Å²) >= 11 is 3.55. The number of carbonyl (C=O) groups excluding carboxylic acids is 1. The fourth-order valence-electron chi connectivity index (χ4n) is 3.61. The quantitative estimate of drug-likeness (QED) is 0.639. The summed E-state index contributed by atoms with van der Waals surface area (Å²) in [7, 11) is 0. The van der Waals surface area contributed by atoms with Gasteiger partial charge in [0.05, 0.1) is 6.04 Å². The van der Waals surface area contributed by atoms with Crippen LogP contribution in [0, 0.1) is 6.92 Å². The lowest BCUT2D eigenvalue weighted by Gasteiger charge is -2.24. The van der Waals surface area contributed by atoms with Gasteiger partial charge in [-0.15, -0.1) is 0 Å². The second-order valence-electron chi connectivity index (χ2n) is 6.49. The second kappa shape index (κ2) is 6.10. The molecule has 3 aromatic rings. The number of amides is 1. The molecule has 0 radical (unpaired) electrons. The molecule has 0 saturated carbocycles. The maximum absolute atomic E-state index is 12.6. The fraction of sp³-hybridized carbons (Fsp3) is 0.250. The molecule has 0 bridgehead atoms. The van der Waals surface area contributed by atoms with Gasteiger partial charge in [-0.2, -0.15) is 0 Å². The smallest absolute Gasteiger partial charge is 0.251 e. The first-order chi connectivity index (χ1) is 11.6. The Morgan fingerprint density at radius 2 is 2.12 bits per heavy atom. The lowest BCUT2D eigenvalue weighted by atomic mass is 9.91. The van der Waals surface area contributed by atoms with Gasteiger partial charge in [0.2, 0.25) is 0 Å². The van der Waals surface area contributed by atoms with Crippen molar-refractivity contribution < 1.29 is 4.79 Å². The van der Waals surface area contributed by atoms with E-state index < -0.39 is 0 Å². The average molecular weight is 383 g/mol. The highest BCUT2D eigenvalue weighted by atomic mass is 79.9. The summed E-state index contributed by atoms with van der Waals surface area (Å²) in [6.07, 6.45) is 3.12. The van der Waals surface area contributed by atoms with Gasteiger partial charge < -0.3 is 10.3 Å². The predicted octanol–water partition coefficient (Wildman–Crippen LogP) is 5.05. The Labute approximate surface area is 149 Å². The Hall–Kier alpha value is -2.07. The van der Waals surface area contributed by atoms with Crippen molar-refractivity contribution in [2.75, 3.05) is 0 Å². The molecule has 1 aromatic heterocycles. The second-order valence-corrected chi connectivity index (χ2v) is 7.41. The number of fused-ring (bicyclic) bond motifs is 3. The van der Waals surface area contributed by atoms with Gasteiger partial charge in [-0.05, 0) is 62.1 Å². The van der Waals surface area contributed by atoms with Crippen LogP contribution >= 0.6 is 15.9 Å². The van der Waals surface area contributed by atoms with Gasteiger partial charge >= 0.3 is 0 Å². The van der Waals surface area contributed by atoms with Crippen molar-refractivity contribution >= 4 is 32.7 Å². The third-order valence-electron chi connectivity index (χ3n) is 4.75. The van der Waals surface area contributed by atoms with Crippen LogP contribution in [0.25, 0.3) is 10.9 Å². The fourth-order valence-corrected chi connectivity index (χ4v) is 3.97. The first-order valence-corrected chi connectivity index (χ1v) is 9.08. The van der Waals surface area contributed by atoms with Crippen LogP contribution in [0.15, 0.2) is 46.9 Å². The van der Waals surface area contributed by atoms with E-state index in [9.17, 15) is 4.79 Å². The normalized spacial score (nSPS) is 16.8. The van der Waals surface area contributed by atoms with E-state index in [0.29, 0.717) is 0 Å². The third kappa shape index (κ3) is 2.75. The van der Waals surface area contributed by atoms with Crippen LogP contribution in [0.2, 0.25) is 0 Å². The molecule has 2 N–H and O–H groups in total. The van der Waals surface area contributed by atoms with Crippen LogP contribution in [0.1, 0.15) is 46.1 Å². The number of aromatic amines is 1. The number of benzene rings is 2. The highest BCUT2D eigenvalue weighted by Crippen LogP contribution is 2.35. The topological polar surface area (TPSA) is 44.9 Å². The minimum Gasteiger partial charge on any atom is -0.356 e. The Balaban J connectivity index is 1.67. The van der Waals surface area contributed by atoms with Gasteiger partial charge in [-0.3, -0.25) is 4.79 Å². The van der Waals surface area contributed by atoms with Crippen LogP contribution in [0.4, 0.5) is 0 Å². The van der Waals surface area contributed by atoms with Crippen LogP contribution in [-0.4, -0.2) is 10.9 Å². The zero-order chi connectivity index (χ0) is 16.7. The van der Waals surface area contributed by atoms with E-state index in [1.807, 2.05) is 37.3 Å². The van der Waals surface area contributed by atoms with Crippen molar-refractivity contribution in [1.29, 1.82) is 0 Å². The molecular weight excluding hydrogens is 364 g/mol. The monoisotopic (exact) mass is 382 g/mol. The standard InChI is InChI=1S/C20H19BrN2O/c1-12-4-2-5-13(10-12)20(24)23-18-7-3-6-15-16-11-14(21)8-9-17(16)22-19(15)18/h2,4-5,8-11,18,22H,3,6-7H2,1H3,(H,23,24). The highest BCUT2D eigenvalue weighted by Gasteiger charge is 2.26. The number of carbonyl (C=O) groups is 1. The number of hydrogen-bond acceptors (Lipinski definition) is 1. The van der Waals surface area contributed by atoms with Crippen molar-refractivity contribution in [3.8, 4) is 0 Å². The Morgan fingerprint density at radius 3 is 2.96 bits per heavy atom. The van der Waals surface area contributed by atoms with Crippen LogP contribution < -0.4 is 5.32 Å². The van der Waals surface area contributed by atoms with E-state index in [1.165, 1.54) is 10.9 Å². The van der Waals surface area contributed by atoms with Gasteiger partial charge in [0.15, 0.2) is 0 Å². The molecular formula is C20H19BrN2O. The van der Waals surface area contributed by atoms with E-state index in [4.69, 9.17) is 0 Å². The zero-order valence-corrected chi connectivity index (χ0v) is 15.1. The minimum atomic E-state index is -0.00335. The molecule has 0 spiro atoms.